The van der Waals surface area contributed by atoms with Gasteiger partial charge < -0.3 is 5.73 Å². The minimum atomic E-state index is 0.341. The molecule has 0 aromatic heterocycles. The van der Waals surface area contributed by atoms with Gasteiger partial charge in [0.25, 0.3) is 0 Å². The van der Waals surface area contributed by atoms with Crippen LogP contribution in [0.5, 0.6) is 0 Å². The third-order valence-corrected chi connectivity index (χ3v) is 4.17. The third-order valence-electron chi connectivity index (χ3n) is 4.17. The van der Waals surface area contributed by atoms with Crippen LogP contribution in [0.4, 0.5) is 0 Å². The number of Topliss-reactive ketones (excluding diaryl/α,β-unsaturated/α-hetero) is 1. The van der Waals surface area contributed by atoms with Gasteiger partial charge in [0.15, 0.2) is 0 Å². The maximum Gasteiger partial charge on any atom is 0.132 e. The second-order valence-corrected chi connectivity index (χ2v) is 6.69. The SMILES string of the molecule is CCCCCCCCCC(=O)CCCCCCC[C@@H](C)N. The average Bonchev–Trinajstić information content (AvgIpc) is 2.45. The van der Waals surface area contributed by atoms with Crippen molar-refractivity contribution in [3.63, 3.8) is 0 Å². The molecule has 0 rings (SSSR count). The second-order valence-electron chi connectivity index (χ2n) is 6.69. The van der Waals surface area contributed by atoms with Crippen LogP contribution in [0.3, 0.4) is 0 Å². The van der Waals surface area contributed by atoms with Crippen molar-refractivity contribution in [2.45, 2.75) is 116 Å². The third kappa shape index (κ3) is 17.6. The van der Waals surface area contributed by atoms with E-state index < -0.39 is 0 Å². The zero-order valence-corrected chi connectivity index (χ0v) is 14.7. The van der Waals surface area contributed by atoms with Crippen molar-refractivity contribution in [3.8, 4) is 0 Å². The molecule has 0 saturated carbocycles. The molecular formula is C19H39NO. The molecule has 0 spiro atoms. The van der Waals surface area contributed by atoms with E-state index in [2.05, 4.69) is 13.8 Å². The van der Waals surface area contributed by atoms with Crippen LogP contribution in [0.15, 0.2) is 0 Å². The van der Waals surface area contributed by atoms with Gasteiger partial charge in [-0.1, -0.05) is 71.1 Å². The Morgan fingerprint density at radius 2 is 1.19 bits per heavy atom. The second kappa shape index (κ2) is 16.0. The van der Waals surface area contributed by atoms with E-state index in [0.29, 0.717) is 11.8 Å². The van der Waals surface area contributed by atoms with E-state index in [9.17, 15) is 4.79 Å². The first-order valence-electron chi connectivity index (χ1n) is 9.44. The maximum absolute atomic E-state index is 11.7. The van der Waals surface area contributed by atoms with Gasteiger partial charge in [-0.05, 0) is 26.2 Å². The van der Waals surface area contributed by atoms with Crippen molar-refractivity contribution in [2.24, 2.45) is 5.73 Å². The molecule has 0 amide bonds. The summed E-state index contributed by atoms with van der Waals surface area (Å²) < 4.78 is 0. The van der Waals surface area contributed by atoms with Gasteiger partial charge in [0.1, 0.15) is 5.78 Å². The highest BCUT2D eigenvalue weighted by atomic mass is 16.1. The molecule has 0 radical (unpaired) electrons. The van der Waals surface area contributed by atoms with Gasteiger partial charge in [0.05, 0.1) is 0 Å². The summed E-state index contributed by atoms with van der Waals surface area (Å²) in [6.45, 7) is 4.32. The predicted octanol–water partition coefficient (Wildman–Crippen LogP) is 5.77. The Morgan fingerprint density at radius 1 is 0.762 bits per heavy atom. The Morgan fingerprint density at radius 3 is 1.67 bits per heavy atom. The fourth-order valence-corrected chi connectivity index (χ4v) is 2.72. The first-order valence-corrected chi connectivity index (χ1v) is 9.44. The van der Waals surface area contributed by atoms with Gasteiger partial charge >= 0.3 is 0 Å². The molecule has 0 aliphatic rings. The van der Waals surface area contributed by atoms with Crippen molar-refractivity contribution in [3.05, 3.63) is 0 Å². The molecule has 1 atom stereocenters. The van der Waals surface area contributed by atoms with Crippen LogP contribution in [0.25, 0.3) is 0 Å². The van der Waals surface area contributed by atoms with Crippen LogP contribution in [-0.4, -0.2) is 11.8 Å². The molecular weight excluding hydrogens is 258 g/mol. The lowest BCUT2D eigenvalue weighted by molar-refractivity contribution is -0.119. The highest BCUT2D eigenvalue weighted by Crippen LogP contribution is 2.12. The number of rotatable bonds is 16. The normalized spacial score (nSPS) is 12.5. The fourth-order valence-electron chi connectivity index (χ4n) is 2.72. The summed E-state index contributed by atoms with van der Waals surface area (Å²) in [7, 11) is 0. The topological polar surface area (TPSA) is 43.1 Å². The molecule has 0 bridgehead atoms. The van der Waals surface area contributed by atoms with E-state index in [-0.39, 0.29) is 0 Å². The van der Waals surface area contributed by atoms with E-state index in [4.69, 9.17) is 5.73 Å². The zero-order chi connectivity index (χ0) is 15.8. The molecule has 0 unspecified atom stereocenters. The fraction of sp³-hybridized carbons (Fsp3) is 0.947. The van der Waals surface area contributed by atoms with Crippen LogP contribution in [-0.2, 0) is 4.79 Å². The predicted molar refractivity (Wildman–Crippen MR) is 93.6 cm³/mol. The molecule has 0 aromatic carbocycles. The number of hydrogen-bond donors (Lipinski definition) is 1. The lowest BCUT2D eigenvalue weighted by atomic mass is 10.0. The first kappa shape index (κ1) is 20.6. The van der Waals surface area contributed by atoms with Crippen LogP contribution < -0.4 is 5.73 Å². The van der Waals surface area contributed by atoms with Crippen LogP contribution in [0, 0.1) is 0 Å². The maximum atomic E-state index is 11.7. The molecule has 0 aliphatic carbocycles. The monoisotopic (exact) mass is 297 g/mol. The van der Waals surface area contributed by atoms with Gasteiger partial charge in [0.2, 0.25) is 0 Å². The Labute approximate surface area is 133 Å². The van der Waals surface area contributed by atoms with E-state index in [1.54, 1.807) is 0 Å². The van der Waals surface area contributed by atoms with E-state index in [0.717, 1.165) is 32.1 Å². The van der Waals surface area contributed by atoms with Gasteiger partial charge in [-0.3, -0.25) is 4.79 Å². The molecule has 2 heteroatoms. The Hall–Kier alpha value is -0.370. The number of unbranched alkanes of at least 4 members (excludes halogenated alkanes) is 10. The molecule has 2 N–H and O–H groups in total. The number of nitrogens with two attached hydrogens (primary N) is 1. The largest absolute Gasteiger partial charge is 0.328 e. The molecule has 126 valence electrons. The van der Waals surface area contributed by atoms with Gasteiger partial charge in [0, 0.05) is 18.9 Å². The van der Waals surface area contributed by atoms with Crippen molar-refractivity contribution < 1.29 is 4.79 Å². The van der Waals surface area contributed by atoms with E-state index >= 15 is 0 Å². The summed E-state index contributed by atoms with van der Waals surface area (Å²) in [5.74, 6) is 0.485. The first-order chi connectivity index (χ1) is 10.2. The summed E-state index contributed by atoms with van der Waals surface area (Å²) in [6, 6.07) is 0.341. The molecule has 2 nitrogen and oxygen atoms in total. The Balaban J connectivity index is 3.16. The molecule has 0 heterocycles. The van der Waals surface area contributed by atoms with Gasteiger partial charge in [-0.2, -0.15) is 0 Å². The summed E-state index contributed by atoms with van der Waals surface area (Å²) in [4.78, 5) is 11.7. The van der Waals surface area contributed by atoms with Crippen molar-refractivity contribution in [1.29, 1.82) is 0 Å². The number of carbonyl (C=O) groups is 1. The lowest BCUT2D eigenvalue weighted by Crippen LogP contribution is -2.13. The standard InChI is InChI=1S/C19H39NO/c1-3-4-5-6-7-10-13-16-19(21)17-14-11-8-9-12-15-18(2)20/h18H,3-17,20H2,1-2H3/t18-/m1/s1. The lowest BCUT2D eigenvalue weighted by Gasteiger charge is -2.04. The number of ketones is 1. The van der Waals surface area contributed by atoms with Gasteiger partial charge in [-0.25, -0.2) is 0 Å². The van der Waals surface area contributed by atoms with Crippen LogP contribution >= 0.6 is 0 Å². The van der Waals surface area contributed by atoms with Crippen LogP contribution in [0.1, 0.15) is 110 Å². The zero-order valence-electron chi connectivity index (χ0n) is 14.7. The Kier molecular flexibility index (Phi) is 15.7. The molecule has 0 saturated heterocycles. The summed E-state index contributed by atoms with van der Waals surface area (Å²) in [5, 5.41) is 0. The van der Waals surface area contributed by atoms with Crippen molar-refractivity contribution in [1.82, 2.24) is 0 Å². The minimum absolute atomic E-state index is 0.341. The summed E-state index contributed by atoms with van der Waals surface area (Å²) in [6.07, 6.45) is 17.9. The molecule has 0 aliphatic heterocycles. The molecule has 21 heavy (non-hydrogen) atoms. The molecule has 0 fully saturated rings. The highest BCUT2D eigenvalue weighted by Gasteiger charge is 2.02. The van der Waals surface area contributed by atoms with Crippen LogP contribution in [0.2, 0.25) is 0 Å². The smallest absolute Gasteiger partial charge is 0.132 e. The summed E-state index contributed by atoms with van der Waals surface area (Å²) >= 11 is 0. The van der Waals surface area contributed by atoms with Crippen molar-refractivity contribution >= 4 is 5.78 Å². The van der Waals surface area contributed by atoms with Crippen molar-refractivity contribution in [2.75, 3.05) is 0 Å². The average molecular weight is 298 g/mol. The quantitative estimate of drug-likeness (QED) is 0.367. The highest BCUT2D eigenvalue weighted by molar-refractivity contribution is 5.78. The molecule has 0 aromatic rings. The summed E-state index contributed by atoms with van der Waals surface area (Å²) in [5.41, 5.74) is 5.72. The minimum Gasteiger partial charge on any atom is -0.328 e. The van der Waals surface area contributed by atoms with Gasteiger partial charge in [-0.15, -0.1) is 0 Å². The van der Waals surface area contributed by atoms with E-state index in [1.807, 2.05) is 0 Å². The Bertz CT molecular complexity index is 226. The number of carbonyl (C=O) groups excluding carboxylic acids is 1. The number of hydrogen-bond acceptors (Lipinski definition) is 2. The van der Waals surface area contributed by atoms with E-state index in [1.165, 1.54) is 64.2 Å².